The number of hydrogen-bond acceptors (Lipinski definition) is 4. The van der Waals surface area contributed by atoms with Crippen LogP contribution in [-0.4, -0.2) is 41.3 Å². The highest BCUT2D eigenvalue weighted by Crippen LogP contribution is 2.25. The van der Waals surface area contributed by atoms with E-state index in [-0.39, 0.29) is 23.3 Å². The smallest absolute Gasteiger partial charge is 0.274 e. The molecule has 160 valence electrons. The maximum absolute atomic E-state index is 12.9. The molecule has 0 spiro atoms. The van der Waals surface area contributed by atoms with Crippen LogP contribution in [0.2, 0.25) is 5.02 Å². The van der Waals surface area contributed by atoms with Gasteiger partial charge in [-0.25, -0.2) is 4.98 Å². The third-order valence-corrected chi connectivity index (χ3v) is 5.66. The highest BCUT2D eigenvalue weighted by atomic mass is 35.5. The zero-order chi connectivity index (χ0) is 21.7. The normalized spacial score (nSPS) is 14.8. The Balaban J connectivity index is 1.61. The first-order valence-electron chi connectivity index (χ1n) is 10.6. The fourth-order valence-corrected chi connectivity index (χ4v) is 4.00. The van der Waals surface area contributed by atoms with Crippen molar-refractivity contribution in [1.82, 2.24) is 9.88 Å². The standard InChI is InChI=1S/C24H29ClN2O3/c1-4-30-21-10-9-20(25)22(26-21)24(29)27-13-11-19(12-14-27)23(28)18-7-5-17(6-8-18)15-16(2)3/h5-10,16,19H,4,11-15H2,1-3H3. The summed E-state index contributed by atoms with van der Waals surface area (Å²) in [6.07, 6.45) is 2.29. The van der Waals surface area contributed by atoms with E-state index in [0.29, 0.717) is 49.4 Å². The monoisotopic (exact) mass is 428 g/mol. The molecule has 1 aromatic heterocycles. The van der Waals surface area contributed by atoms with Crippen LogP contribution in [-0.2, 0) is 6.42 Å². The van der Waals surface area contributed by atoms with Crippen LogP contribution in [0, 0.1) is 11.8 Å². The van der Waals surface area contributed by atoms with E-state index >= 15 is 0 Å². The maximum Gasteiger partial charge on any atom is 0.274 e. The Hall–Kier alpha value is -2.40. The molecule has 0 radical (unpaired) electrons. The van der Waals surface area contributed by atoms with Crippen molar-refractivity contribution in [1.29, 1.82) is 0 Å². The van der Waals surface area contributed by atoms with Gasteiger partial charge in [0.1, 0.15) is 0 Å². The number of hydrogen-bond donors (Lipinski definition) is 0. The Kier molecular flexibility index (Phi) is 7.48. The first-order chi connectivity index (χ1) is 14.4. The molecule has 0 N–H and O–H groups in total. The molecule has 2 heterocycles. The second-order valence-corrected chi connectivity index (χ2v) is 8.55. The van der Waals surface area contributed by atoms with Crippen molar-refractivity contribution in [3.05, 3.63) is 58.2 Å². The molecule has 0 atom stereocenters. The molecular weight excluding hydrogens is 400 g/mol. The van der Waals surface area contributed by atoms with Crippen LogP contribution in [0.5, 0.6) is 5.88 Å². The van der Waals surface area contributed by atoms with E-state index in [9.17, 15) is 9.59 Å². The summed E-state index contributed by atoms with van der Waals surface area (Å²) in [7, 11) is 0. The first-order valence-corrected chi connectivity index (χ1v) is 11.0. The zero-order valence-electron chi connectivity index (χ0n) is 17.9. The third-order valence-electron chi connectivity index (χ3n) is 5.35. The van der Waals surface area contributed by atoms with Gasteiger partial charge in [-0.05, 0) is 43.7 Å². The molecule has 1 aliphatic heterocycles. The van der Waals surface area contributed by atoms with Gasteiger partial charge in [0.2, 0.25) is 5.88 Å². The van der Waals surface area contributed by atoms with Crippen LogP contribution in [0.4, 0.5) is 0 Å². The quantitative estimate of drug-likeness (QED) is 0.578. The van der Waals surface area contributed by atoms with E-state index in [4.69, 9.17) is 16.3 Å². The van der Waals surface area contributed by atoms with Gasteiger partial charge in [0.15, 0.2) is 11.5 Å². The van der Waals surface area contributed by atoms with Gasteiger partial charge in [0.25, 0.3) is 5.91 Å². The number of nitrogens with zero attached hydrogens (tertiary/aromatic N) is 2. The zero-order valence-corrected chi connectivity index (χ0v) is 18.6. The minimum atomic E-state index is -0.217. The first kappa shape index (κ1) is 22.3. The minimum Gasteiger partial charge on any atom is -0.478 e. The van der Waals surface area contributed by atoms with Crippen LogP contribution in [0.1, 0.15) is 60.0 Å². The lowest BCUT2D eigenvalue weighted by molar-refractivity contribution is 0.0645. The molecule has 1 aromatic carbocycles. The van der Waals surface area contributed by atoms with E-state index in [1.807, 2.05) is 31.2 Å². The van der Waals surface area contributed by atoms with E-state index in [1.165, 1.54) is 5.56 Å². The van der Waals surface area contributed by atoms with Crippen LogP contribution in [0.25, 0.3) is 0 Å². The van der Waals surface area contributed by atoms with Gasteiger partial charge < -0.3 is 9.64 Å². The molecule has 6 heteroatoms. The Morgan fingerprint density at radius 2 is 1.80 bits per heavy atom. The van der Waals surface area contributed by atoms with Gasteiger partial charge in [0.05, 0.1) is 11.6 Å². The number of amides is 1. The Bertz CT molecular complexity index is 888. The molecule has 30 heavy (non-hydrogen) atoms. The molecular formula is C24H29ClN2O3. The van der Waals surface area contributed by atoms with E-state index in [0.717, 1.165) is 12.0 Å². The van der Waals surface area contributed by atoms with Gasteiger partial charge >= 0.3 is 0 Å². The second kappa shape index (κ2) is 10.1. The van der Waals surface area contributed by atoms with Gasteiger partial charge in [-0.3, -0.25) is 9.59 Å². The number of aromatic nitrogens is 1. The average Bonchev–Trinajstić information content (AvgIpc) is 2.74. The summed E-state index contributed by atoms with van der Waals surface area (Å²) in [6, 6.07) is 11.2. The fraction of sp³-hybridized carbons (Fsp3) is 0.458. The minimum absolute atomic E-state index is 0.0665. The summed E-state index contributed by atoms with van der Waals surface area (Å²) >= 11 is 6.19. The number of Topliss-reactive ketones (excluding diaryl/α,β-unsaturated/α-hetero) is 1. The van der Waals surface area contributed by atoms with Crippen LogP contribution in [0.3, 0.4) is 0 Å². The third kappa shape index (κ3) is 5.39. The molecule has 2 aromatic rings. The Labute approximate surface area is 183 Å². The number of likely N-dealkylation sites (tertiary alicyclic amines) is 1. The van der Waals surface area contributed by atoms with Crippen molar-refractivity contribution < 1.29 is 14.3 Å². The largest absolute Gasteiger partial charge is 0.478 e. The molecule has 0 unspecified atom stereocenters. The van der Waals surface area contributed by atoms with Crippen molar-refractivity contribution in [3.8, 4) is 5.88 Å². The van der Waals surface area contributed by atoms with Crippen molar-refractivity contribution >= 4 is 23.3 Å². The molecule has 1 amide bonds. The van der Waals surface area contributed by atoms with E-state index in [2.05, 4.69) is 18.8 Å². The van der Waals surface area contributed by atoms with Crippen molar-refractivity contribution in [2.75, 3.05) is 19.7 Å². The van der Waals surface area contributed by atoms with Crippen molar-refractivity contribution in [2.24, 2.45) is 11.8 Å². The summed E-state index contributed by atoms with van der Waals surface area (Å²) in [4.78, 5) is 31.8. The lowest BCUT2D eigenvalue weighted by atomic mass is 9.88. The summed E-state index contributed by atoms with van der Waals surface area (Å²) in [5.74, 6) is 0.850. The van der Waals surface area contributed by atoms with E-state index in [1.54, 1.807) is 17.0 Å². The van der Waals surface area contributed by atoms with Gasteiger partial charge in [-0.1, -0.05) is 49.7 Å². The van der Waals surface area contributed by atoms with Crippen LogP contribution >= 0.6 is 11.6 Å². The summed E-state index contributed by atoms with van der Waals surface area (Å²) < 4.78 is 5.38. The van der Waals surface area contributed by atoms with Crippen molar-refractivity contribution in [2.45, 2.75) is 40.0 Å². The number of rotatable bonds is 7. The predicted octanol–water partition coefficient (Wildman–Crippen LogP) is 5.07. The average molecular weight is 429 g/mol. The summed E-state index contributed by atoms with van der Waals surface area (Å²) in [5, 5.41) is 0.308. The van der Waals surface area contributed by atoms with Gasteiger partial charge in [0, 0.05) is 30.6 Å². The molecule has 1 aliphatic rings. The Morgan fingerprint density at radius 1 is 1.13 bits per heavy atom. The number of pyridine rings is 1. The topological polar surface area (TPSA) is 59.5 Å². The van der Waals surface area contributed by atoms with Crippen LogP contribution in [0.15, 0.2) is 36.4 Å². The highest BCUT2D eigenvalue weighted by Gasteiger charge is 2.30. The number of carbonyl (C=O) groups is 2. The van der Waals surface area contributed by atoms with Crippen LogP contribution < -0.4 is 4.74 Å². The molecule has 5 nitrogen and oxygen atoms in total. The number of ketones is 1. The van der Waals surface area contributed by atoms with Gasteiger partial charge in [-0.15, -0.1) is 0 Å². The molecule has 1 fully saturated rings. The second-order valence-electron chi connectivity index (χ2n) is 8.14. The number of halogens is 1. The molecule has 0 aliphatic carbocycles. The summed E-state index contributed by atoms with van der Waals surface area (Å²) in [5.41, 5.74) is 2.20. The highest BCUT2D eigenvalue weighted by molar-refractivity contribution is 6.33. The molecule has 0 saturated carbocycles. The van der Waals surface area contributed by atoms with Crippen molar-refractivity contribution in [3.63, 3.8) is 0 Å². The number of ether oxygens (including phenoxy) is 1. The molecule has 0 bridgehead atoms. The molecule has 3 rings (SSSR count). The lowest BCUT2D eigenvalue weighted by Crippen LogP contribution is -2.40. The Morgan fingerprint density at radius 3 is 2.40 bits per heavy atom. The number of benzene rings is 1. The summed E-state index contributed by atoms with van der Waals surface area (Å²) in [6.45, 7) is 7.72. The number of piperidine rings is 1. The maximum atomic E-state index is 12.9. The SMILES string of the molecule is CCOc1ccc(Cl)c(C(=O)N2CCC(C(=O)c3ccc(CC(C)C)cc3)CC2)n1. The number of carbonyl (C=O) groups excluding carboxylic acids is 2. The molecule has 1 saturated heterocycles. The fourth-order valence-electron chi connectivity index (χ4n) is 3.81. The predicted molar refractivity (Wildman–Crippen MR) is 118 cm³/mol. The van der Waals surface area contributed by atoms with E-state index < -0.39 is 0 Å². The lowest BCUT2D eigenvalue weighted by Gasteiger charge is -2.31. The van der Waals surface area contributed by atoms with Gasteiger partial charge in [-0.2, -0.15) is 0 Å².